The summed E-state index contributed by atoms with van der Waals surface area (Å²) in [5.41, 5.74) is 1.04. The quantitative estimate of drug-likeness (QED) is 0.851. The predicted octanol–water partition coefficient (Wildman–Crippen LogP) is 3.03. The molecule has 118 valence electrons. The number of benzene rings is 1. The minimum Gasteiger partial charge on any atom is -0.465 e. The lowest BCUT2D eigenvalue weighted by Gasteiger charge is -2.21. The van der Waals surface area contributed by atoms with Crippen molar-refractivity contribution in [2.45, 2.75) is 32.1 Å². The Labute approximate surface area is 131 Å². The third kappa shape index (κ3) is 3.16. The number of esters is 1. The Bertz CT molecular complexity index is 552. The Kier molecular flexibility index (Phi) is 4.46. The number of methoxy groups -OCH3 is 1. The van der Waals surface area contributed by atoms with Gasteiger partial charge >= 0.3 is 5.97 Å². The van der Waals surface area contributed by atoms with E-state index in [-0.39, 0.29) is 11.9 Å². The van der Waals surface area contributed by atoms with Crippen LogP contribution in [0.3, 0.4) is 0 Å². The lowest BCUT2D eigenvalue weighted by Crippen LogP contribution is -2.27. The summed E-state index contributed by atoms with van der Waals surface area (Å²) in [7, 11) is 1.35. The molecule has 2 fully saturated rings. The van der Waals surface area contributed by atoms with Crippen molar-refractivity contribution >= 4 is 11.9 Å². The van der Waals surface area contributed by atoms with E-state index in [0.29, 0.717) is 11.1 Å². The number of hydrogen-bond donors (Lipinski definition) is 1. The highest BCUT2D eigenvalue weighted by Crippen LogP contribution is 2.49. The van der Waals surface area contributed by atoms with Crippen molar-refractivity contribution in [2.75, 3.05) is 13.7 Å². The smallest absolute Gasteiger partial charge is 0.337 e. The van der Waals surface area contributed by atoms with Crippen molar-refractivity contribution in [3.63, 3.8) is 0 Å². The van der Waals surface area contributed by atoms with Crippen LogP contribution in [0.4, 0.5) is 0 Å². The maximum absolute atomic E-state index is 12.1. The van der Waals surface area contributed by atoms with Gasteiger partial charge in [0.2, 0.25) is 0 Å². The molecule has 0 aliphatic heterocycles. The van der Waals surface area contributed by atoms with E-state index in [1.807, 2.05) is 0 Å². The molecule has 4 heteroatoms. The Morgan fingerprint density at radius 1 is 1.14 bits per heavy atom. The molecule has 1 amide bonds. The lowest BCUT2D eigenvalue weighted by atomic mass is 9.86. The number of ether oxygens (including phenoxy) is 1. The van der Waals surface area contributed by atoms with Crippen LogP contribution in [0.5, 0.6) is 0 Å². The Morgan fingerprint density at radius 3 is 2.45 bits per heavy atom. The molecule has 4 nitrogen and oxygen atoms in total. The number of hydrogen-bond acceptors (Lipinski definition) is 3. The van der Waals surface area contributed by atoms with Gasteiger partial charge in [-0.05, 0) is 67.7 Å². The molecule has 22 heavy (non-hydrogen) atoms. The first-order valence-corrected chi connectivity index (χ1v) is 8.14. The summed E-state index contributed by atoms with van der Waals surface area (Å²) in [4.78, 5) is 23.5. The summed E-state index contributed by atoms with van der Waals surface area (Å²) in [6.07, 6.45) is 6.66. The van der Waals surface area contributed by atoms with Gasteiger partial charge in [-0.15, -0.1) is 0 Å². The second-order valence-electron chi connectivity index (χ2n) is 6.55. The van der Waals surface area contributed by atoms with E-state index in [4.69, 9.17) is 0 Å². The third-order valence-electron chi connectivity index (χ3n) is 5.25. The lowest BCUT2D eigenvalue weighted by molar-refractivity contribution is 0.0600. The predicted molar refractivity (Wildman–Crippen MR) is 83.7 cm³/mol. The maximum atomic E-state index is 12.1. The number of fused-ring (bicyclic) bond motifs is 2. The van der Waals surface area contributed by atoms with Crippen LogP contribution in [-0.4, -0.2) is 25.5 Å². The maximum Gasteiger partial charge on any atom is 0.337 e. The molecule has 3 rings (SSSR count). The van der Waals surface area contributed by atoms with Gasteiger partial charge in [-0.2, -0.15) is 0 Å². The molecule has 1 aromatic carbocycles. The van der Waals surface area contributed by atoms with Gasteiger partial charge < -0.3 is 10.1 Å². The molecule has 2 aliphatic carbocycles. The van der Waals surface area contributed by atoms with Crippen LogP contribution >= 0.6 is 0 Å². The van der Waals surface area contributed by atoms with Crippen LogP contribution in [-0.2, 0) is 4.74 Å². The third-order valence-corrected chi connectivity index (χ3v) is 5.25. The number of carbonyl (C=O) groups is 2. The average molecular weight is 301 g/mol. The van der Waals surface area contributed by atoms with Gasteiger partial charge in [0.05, 0.1) is 12.7 Å². The van der Waals surface area contributed by atoms with E-state index in [1.165, 1.54) is 32.8 Å². The number of nitrogens with one attached hydrogen (secondary N) is 1. The molecule has 0 spiro atoms. The van der Waals surface area contributed by atoms with Crippen molar-refractivity contribution in [2.24, 2.45) is 17.8 Å². The van der Waals surface area contributed by atoms with Crippen molar-refractivity contribution in [1.29, 1.82) is 0 Å². The highest BCUT2D eigenvalue weighted by Gasteiger charge is 2.38. The molecule has 1 aromatic rings. The normalized spacial score (nSPS) is 26.0. The molecule has 3 unspecified atom stereocenters. The molecule has 0 heterocycles. The summed E-state index contributed by atoms with van der Waals surface area (Å²) in [6.45, 7) is 0.742. The molecule has 0 aromatic heterocycles. The van der Waals surface area contributed by atoms with Gasteiger partial charge in [-0.25, -0.2) is 4.79 Å². The van der Waals surface area contributed by atoms with Crippen LogP contribution in [0.15, 0.2) is 24.3 Å². The zero-order valence-electron chi connectivity index (χ0n) is 13.0. The number of rotatable bonds is 5. The summed E-state index contributed by atoms with van der Waals surface area (Å²) in [5.74, 6) is 2.21. The van der Waals surface area contributed by atoms with Gasteiger partial charge in [0.25, 0.3) is 5.91 Å². The van der Waals surface area contributed by atoms with Gasteiger partial charge in [0.1, 0.15) is 0 Å². The fourth-order valence-electron chi connectivity index (χ4n) is 4.08. The molecule has 0 saturated heterocycles. The van der Waals surface area contributed by atoms with E-state index in [0.717, 1.165) is 30.7 Å². The summed E-state index contributed by atoms with van der Waals surface area (Å²) < 4.78 is 4.64. The molecular weight excluding hydrogens is 278 g/mol. The van der Waals surface area contributed by atoms with Crippen molar-refractivity contribution < 1.29 is 14.3 Å². The zero-order valence-corrected chi connectivity index (χ0v) is 13.0. The minimum atomic E-state index is -0.386. The van der Waals surface area contributed by atoms with Crippen molar-refractivity contribution in [3.05, 3.63) is 35.4 Å². The number of carbonyl (C=O) groups excluding carboxylic acids is 2. The highest BCUT2D eigenvalue weighted by atomic mass is 16.5. The molecule has 2 bridgehead atoms. The first kappa shape index (κ1) is 15.1. The van der Waals surface area contributed by atoms with Gasteiger partial charge in [-0.1, -0.05) is 6.42 Å². The standard InChI is InChI=1S/C18H23NO3/c1-22-18(21)14-6-4-13(5-7-14)17(20)19-9-8-16-11-12-2-3-15(16)10-12/h4-7,12,15-16H,2-3,8-11H2,1H3,(H,19,20). The first-order valence-electron chi connectivity index (χ1n) is 8.14. The van der Waals surface area contributed by atoms with Gasteiger partial charge in [0.15, 0.2) is 0 Å². The summed E-state index contributed by atoms with van der Waals surface area (Å²) in [5, 5.41) is 2.99. The summed E-state index contributed by atoms with van der Waals surface area (Å²) >= 11 is 0. The topological polar surface area (TPSA) is 55.4 Å². The van der Waals surface area contributed by atoms with E-state index >= 15 is 0 Å². The molecule has 2 aliphatic rings. The second-order valence-corrected chi connectivity index (χ2v) is 6.55. The molecule has 2 saturated carbocycles. The van der Waals surface area contributed by atoms with Crippen LogP contribution in [0.1, 0.15) is 52.8 Å². The number of amides is 1. The molecule has 3 atom stereocenters. The Hall–Kier alpha value is -1.84. The fraction of sp³-hybridized carbons (Fsp3) is 0.556. The first-order chi connectivity index (χ1) is 10.7. The molecule has 1 N–H and O–H groups in total. The molecular formula is C18H23NO3. The second kappa shape index (κ2) is 6.51. The van der Waals surface area contributed by atoms with Crippen LogP contribution in [0.25, 0.3) is 0 Å². The van der Waals surface area contributed by atoms with E-state index in [9.17, 15) is 9.59 Å². The zero-order chi connectivity index (χ0) is 15.5. The van der Waals surface area contributed by atoms with E-state index < -0.39 is 0 Å². The Morgan fingerprint density at radius 2 is 1.86 bits per heavy atom. The average Bonchev–Trinajstić information content (AvgIpc) is 3.17. The Balaban J connectivity index is 1.46. The largest absolute Gasteiger partial charge is 0.465 e. The highest BCUT2D eigenvalue weighted by molar-refractivity contribution is 5.96. The van der Waals surface area contributed by atoms with Gasteiger partial charge in [-0.3, -0.25) is 4.79 Å². The van der Waals surface area contributed by atoms with E-state index in [1.54, 1.807) is 24.3 Å². The van der Waals surface area contributed by atoms with Crippen LogP contribution in [0, 0.1) is 17.8 Å². The van der Waals surface area contributed by atoms with Crippen LogP contribution in [0.2, 0.25) is 0 Å². The van der Waals surface area contributed by atoms with Crippen LogP contribution < -0.4 is 5.32 Å². The molecule has 0 radical (unpaired) electrons. The van der Waals surface area contributed by atoms with Gasteiger partial charge in [0, 0.05) is 12.1 Å². The van der Waals surface area contributed by atoms with Crippen molar-refractivity contribution in [3.8, 4) is 0 Å². The minimum absolute atomic E-state index is 0.0698. The van der Waals surface area contributed by atoms with E-state index in [2.05, 4.69) is 10.1 Å². The summed E-state index contributed by atoms with van der Waals surface area (Å²) in [6, 6.07) is 6.57. The van der Waals surface area contributed by atoms with Crippen molar-refractivity contribution in [1.82, 2.24) is 5.32 Å². The fourth-order valence-corrected chi connectivity index (χ4v) is 4.08. The SMILES string of the molecule is COC(=O)c1ccc(C(=O)NCCC2CC3CCC2C3)cc1. The monoisotopic (exact) mass is 301 g/mol.